The van der Waals surface area contributed by atoms with E-state index in [-0.39, 0.29) is 17.2 Å². The van der Waals surface area contributed by atoms with Gasteiger partial charge in [0.25, 0.3) is 5.91 Å². The number of hydrogen-bond acceptors (Lipinski definition) is 5. The fourth-order valence-corrected chi connectivity index (χ4v) is 2.00. The average molecular weight is 295 g/mol. The van der Waals surface area contributed by atoms with Gasteiger partial charge in [0.05, 0.1) is 4.92 Å². The molecule has 0 aliphatic heterocycles. The number of anilines is 1. The van der Waals surface area contributed by atoms with Crippen LogP contribution in [-0.4, -0.2) is 49.6 Å². The lowest BCUT2D eigenvalue weighted by Gasteiger charge is -2.17. The summed E-state index contributed by atoms with van der Waals surface area (Å²) >= 11 is 0. The van der Waals surface area contributed by atoms with Crippen LogP contribution in [0.1, 0.15) is 23.7 Å². The summed E-state index contributed by atoms with van der Waals surface area (Å²) in [7, 11) is 3.22. The Morgan fingerprint density at radius 3 is 2.76 bits per heavy atom. The van der Waals surface area contributed by atoms with Crippen molar-refractivity contribution >= 4 is 17.3 Å². The summed E-state index contributed by atoms with van der Waals surface area (Å²) in [5.74, 6) is -0.363. The number of nitro benzene ring substituents is 1. The van der Waals surface area contributed by atoms with Crippen LogP contribution in [0, 0.1) is 10.1 Å². The number of methoxy groups -OCH3 is 1. The molecule has 0 atom stereocenters. The standard InChI is InChI=1S/C14H21N3O4/c1-4-15-12-8-5-7-11(13(12)17(19)20)14(18)16(2)9-6-10-21-3/h5,7-8,15H,4,6,9-10H2,1-3H3. The molecule has 0 radical (unpaired) electrons. The van der Waals surface area contributed by atoms with Gasteiger partial charge in [0.15, 0.2) is 0 Å². The van der Waals surface area contributed by atoms with Crippen LogP contribution in [0.15, 0.2) is 18.2 Å². The average Bonchev–Trinajstić information content (AvgIpc) is 2.46. The lowest BCUT2D eigenvalue weighted by Crippen LogP contribution is -2.29. The Hall–Kier alpha value is -2.15. The summed E-state index contributed by atoms with van der Waals surface area (Å²) in [6.07, 6.45) is 0.680. The smallest absolute Gasteiger partial charge is 0.305 e. The van der Waals surface area contributed by atoms with Crippen molar-refractivity contribution in [2.24, 2.45) is 0 Å². The number of ether oxygens (including phenoxy) is 1. The number of nitrogens with zero attached hydrogens (tertiary/aromatic N) is 2. The van der Waals surface area contributed by atoms with Crippen molar-refractivity contribution in [3.63, 3.8) is 0 Å². The third-order valence-corrected chi connectivity index (χ3v) is 3.00. The van der Waals surface area contributed by atoms with Gasteiger partial charge in [0.1, 0.15) is 11.3 Å². The van der Waals surface area contributed by atoms with Gasteiger partial charge >= 0.3 is 5.69 Å². The number of amides is 1. The van der Waals surface area contributed by atoms with Crippen LogP contribution in [0.4, 0.5) is 11.4 Å². The van der Waals surface area contributed by atoms with Crippen LogP contribution in [0.3, 0.4) is 0 Å². The Balaban J connectivity index is 3.02. The molecule has 7 nitrogen and oxygen atoms in total. The zero-order valence-electron chi connectivity index (χ0n) is 12.6. The molecule has 0 aliphatic rings. The van der Waals surface area contributed by atoms with E-state index in [0.29, 0.717) is 31.8 Å². The van der Waals surface area contributed by atoms with Gasteiger partial charge in [-0.1, -0.05) is 6.07 Å². The molecule has 0 spiro atoms. The highest BCUT2D eigenvalue weighted by Crippen LogP contribution is 2.29. The number of nitro groups is 1. The highest BCUT2D eigenvalue weighted by Gasteiger charge is 2.26. The van der Waals surface area contributed by atoms with Crippen molar-refractivity contribution in [3.8, 4) is 0 Å². The second kappa shape index (κ2) is 8.21. The fraction of sp³-hybridized carbons (Fsp3) is 0.500. The van der Waals surface area contributed by atoms with Crippen LogP contribution in [0.5, 0.6) is 0 Å². The van der Waals surface area contributed by atoms with Crippen molar-refractivity contribution < 1.29 is 14.5 Å². The van der Waals surface area contributed by atoms with Gasteiger partial charge in [-0.15, -0.1) is 0 Å². The largest absolute Gasteiger partial charge is 0.385 e. The predicted octanol–water partition coefficient (Wildman–Crippen LogP) is 2.14. The Labute approximate surface area is 124 Å². The van der Waals surface area contributed by atoms with Crippen molar-refractivity contribution in [2.45, 2.75) is 13.3 Å². The maximum atomic E-state index is 12.4. The summed E-state index contributed by atoms with van der Waals surface area (Å²) in [4.78, 5) is 24.6. The van der Waals surface area contributed by atoms with E-state index in [0.717, 1.165) is 0 Å². The maximum absolute atomic E-state index is 12.4. The van der Waals surface area contributed by atoms with E-state index in [4.69, 9.17) is 4.74 Å². The van der Waals surface area contributed by atoms with Gasteiger partial charge in [-0.2, -0.15) is 0 Å². The predicted molar refractivity (Wildman–Crippen MR) is 80.7 cm³/mol. The first-order valence-electron chi connectivity index (χ1n) is 6.78. The van der Waals surface area contributed by atoms with Gasteiger partial charge in [0.2, 0.25) is 0 Å². The number of para-hydroxylation sites is 1. The highest BCUT2D eigenvalue weighted by molar-refractivity contribution is 6.00. The van der Waals surface area contributed by atoms with E-state index < -0.39 is 4.92 Å². The van der Waals surface area contributed by atoms with Crippen molar-refractivity contribution in [3.05, 3.63) is 33.9 Å². The zero-order chi connectivity index (χ0) is 15.8. The first-order valence-corrected chi connectivity index (χ1v) is 6.78. The van der Waals surface area contributed by atoms with E-state index in [1.807, 2.05) is 6.92 Å². The highest BCUT2D eigenvalue weighted by atomic mass is 16.6. The second-order valence-corrected chi connectivity index (χ2v) is 4.56. The quantitative estimate of drug-likeness (QED) is 0.451. The molecular weight excluding hydrogens is 274 g/mol. The molecule has 0 heterocycles. The molecule has 0 saturated heterocycles. The second-order valence-electron chi connectivity index (χ2n) is 4.56. The van der Waals surface area contributed by atoms with E-state index in [9.17, 15) is 14.9 Å². The first-order chi connectivity index (χ1) is 10.0. The molecule has 0 bridgehead atoms. The zero-order valence-corrected chi connectivity index (χ0v) is 12.6. The number of carbonyl (C=O) groups excluding carboxylic acids is 1. The normalized spacial score (nSPS) is 10.2. The van der Waals surface area contributed by atoms with Gasteiger partial charge in [-0.25, -0.2) is 0 Å². The molecule has 1 aromatic rings. The lowest BCUT2D eigenvalue weighted by atomic mass is 10.1. The third kappa shape index (κ3) is 4.42. The Kier molecular flexibility index (Phi) is 6.61. The van der Waals surface area contributed by atoms with E-state index in [2.05, 4.69) is 5.32 Å². The summed E-state index contributed by atoms with van der Waals surface area (Å²) in [6.45, 7) is 3.41. The molecular formula is C14H21N3O4. The van der Waals surface area contributed by atoms with Crippen molar-refractivity contribution in [1.82, 2.24) is 4.90 Å². The van der Waals surface area contributed by atoms with Gasteiger partial charge in [-0.05, 0) is 25.5 Å². The third-order valence-electron chi connectivity index (χ3n) is 3.00. The number of hydrogen-bond donors (Lipinski definition) is 1. The molecule has 1 amide bonds. The van der Waals surface area contributed by atoms with Gasteiger partial charge in [0, 0.05) is 33.9 Å². The molecule has 116 valence electrons. The maximum Gasteiger partial charge on any atom is 0.305 e. The van der Waals surface area contributed by atoms with Crippen LogP contribution in [0.2, 0.25) is 0 Å². The Morgan fingerprint density at radius 1 is 1.48 bits per heavy atom. The minimum absolute atomic E-state index is 0.0957. The fourth-order valence-electron chi connectivity index (χ4n) is 2.00. The minimum Gasteiger partial charge on any atom is -0.385 e. The monoisotopic (exact) mass is 295 g/mol. The SMILES string of the molecule is CCNc1cccc(C(=O)N(C)CCCOC)c1[N+](=O)[O-]. The van der Waals surface area contributed by atoms with Gasteiger partial charge < -0.3 is 15.0 Å². The number of carbonyl (C=O) groups is 1. The molecule has 1 rings (SSSR count). The van der Waals surface area contributed by atoms with Crippen LogP contribution >= 0.6 is 0 Å². The molecule has 1 aromatic carbocycles. The van der Waals surface area contributed by atoms with Crippen LogP contribution < -0.4 is 5.32 Å². The van der Waals surface area contributed by atoms with E-state index in [1.165, 1.54) is 11.0 Å². The van der Waals surface area contributed by atoms with E-state index in [1.54, 1.807) is 26.3 Å². The summed E-state index contributed by atoms with van der Waals surface area (Å²) in [6, 6.07) is 4.72. The molecule has 0 aromatic heterocycles. The summed E-state index contributed by atoms with van der Waals surface area (Å²) in [5.41, 5.74) is 0.278. The van der Waals surface area contributed by atoms with E-state index >= 15 is 0 Å². The molecule has 0 aliphatic carbocycles. The molecule has 0 fully saturated rings. The van der Waals surface area contributed by atoms with Gasteiger partial charge in [-0.3, -0.25) is 14.9 Å². The summed E-state index contributed by atoms with van der Waals surface area (Å²) in [5, 5.41) is 14.2. The first kappa shape index (κ1) is 16.9. The summed E-state index contributed by atoms with van der Waals surface area (Å²) < 4.78 is 4.93. The number of rotatable bonds is 8. The molecule has 0 saturated carbocycles. The van der Waals surface area contributed by atoms with Crippen molar-refractivity contribution in [2.75, 3.05) is 39.2 Å². The molecule has 21 heavy (non-hydrogen) atoms. The van der Waals surface area contributed by atoms with Crippen LogP contribution in [0.25, 0.3) is 0 Å². The Bertz CT molecular complexity index is 505. The molecule has 0 unspecified atom stereocenters. The molecule has 7 heteroatoms. The van der Waals surface area contributed by atoms with Crippen molar-refractivity contribution in [1.29, 1.82) is 0 Å². The van der Waals surface area contributed by atoms with Crippen LogP contribution in [-0.2, 0) is 4.74 Å². The lowest BCUT2D eigenvalue weighted by molar-refractivity contribution is -0.384. The number of nitrogens with one attached hydrogen (secondary N) is 1. The Morgan fingerprint density at radius 2 is 2.19 bits per heavy atom. The minimum atomic E-state index is -0.520. The topological polar surface area (TPSA) is 84.7 Å². The number of benzene rings is 1. The molecule has 1 N–H and O–H groups in total.